The van der Waals surface area contributed by atoms with Gasteiger partial charge in [0.1, 0.15) is 0 Å². The Labute approximate surface area is 184 Å². The summed E-state index contributed by atoms with van der Waals surface area (Å²) in [7, 11) is 0. The van der Waals surface area contributed by atoms with E-state index in [2.05, 4.69) is 0 Å². The average Bonchev–Trinajstić information content (AvgIpc) is 2.67. The van der Waals surface area contributed by atoms with Crippen LogP contribution in [0.15, 0.2) is 36.4 Å². The van der Waals surface area contributed by atoms with Crippen molar-refractivity contribution >= 4 is 59.5 Å². The second-order valence-electron chi connectivity index (χ2n) is 6.61. The molecule has 1 fully saturated rings. The van der Waals surface area contributed by atoms with Crippen molar-refractivity contribution in [3.63, 3.8) is 0 Å². The summed E-state index contributed by atoms with van der Waals surface area (Å²) < 4.78 is 0. The van der Waals surface area contributed by atoms with E-state index in [0.717, 1.165) is 0 Å². The molecule has 10 heteroatoms. The first-order valence-electron chi connectivity index (χ1n) is 8.65. The molecule has 4 N–H and O–H groups in total. The first kappa shape index (κ1) is 27.2. The fourth-order valence-corrected chi connectivity index (χ4v) is 3.10. The maximum absolute atomic E-state index is 10.7. The molecule has 30 heavy (non-hydrogen) atoms. The van der Waals surface area contributed by atoms with Gasteiger partial charge in [-0.2, -0.15) is 0 Å². The van der Waals surface area contributed by atoms with Gasteiger partial charge in [0.05, 0.1) is 23.0 Å². The van der Waals surface area contributed by atoms with Crippen LogP contribution in [0.25, 0.3) is 10.8 Å². The number of hydrogen-bond donors (Lipinski definition) is 4. The summed E-state index contributed by atoms with van der Waals surface area (Å²) in [5, 5.41) is 36.2. The predicted octanol–water partition coefficient (Wildman–Crippen LogP) is 4.04. The van der Waals surface area contributed by atoms with Gasteiger partial charge in [0, 0.05) is 0 Å². The molecule has 0 radical (unpaired) electrons. The standard InChI is InChI=1S/C12H8O4.C8H12O4.2ClH/c13-11(14)9-3-1-7-5-10(12(15)16)4-2-8(7)6-9;9-7(10)5-1-2-6(4-3-5)8(11)12;;/h1-6H,(H,13,14)(H,15,16);5-6H,1-4H2,(H,9,10)(H,11,12);2*1H. The Morgan fingerprint density at radius 3 is 1.13 bits per heavy atom. The molecule has 1 aliphatic carbocycles. The second kappa shape index (κ2) is 12.0. The van der Waals surface area contributed by atoms with Gasteiger partial charge in [0.25, 0.3) is 0 Å². The van der Waals surface area contributed by atoms with Gasteiger partial charge in [0.15, 0.2) is 0 Å². The molecule has 8 nitrogen and oxygen atoms in total. The molecule has 164 valence electrons. The number of rotatable bonds is 4. The summed E-state index contributed by atoms with van der Waals surface area (Å²) in [5.41, 5.74) is 0.381. The highest BCUT2D eigenvalue weighted by Crippen LogP contribution is 2.28. The zero-order valence-corrected chi connectivity index (χ0v) is 17.3. The maximum atomic E-state index is 10.7. The largest absolute Gasteiger partial charge is 0.481 e. The van der Waals surface area contributed by atoms with Crippen LogP contribution in [0.4, 0.5) is 0 Å². The van der Waals surface area contributed by atoms with E-state index in [9.17, 15) is 19.2 Å². The van der Waals surface area contributed by atoms with Crippen LogP contribution in [0.5, 0.6) is 0 Å². The van der Waals surface area contributed by atoms with Crippen molar-refractivity contribution in [3.05, 3.63) is 47.5 Å². The van der Waals surface area contributed by atoms with Crippen molar-refractivity contribution in [2.24, 2.45) is 11.8 Å². The lowest BCUT2D eigenvalue weighted by Gasteiger charge is -2.22. The smallest absolute Gasteiger partial charge is 0.335 e. The van der Waals surface area contributed by atoms with Crippen LogP contribution in [-0.4, -0.2) is 44.3 Å². The Balaban J connectivity index is 0.000000545. The Morgan fingerprint density at radius 1 is 0.600 bits per heavy atom. The molecule has 0 saturated heterocycles. The van der Waals surface area contributed by atoms with E-state index in [1.807, 2.05) is 0 Å². The number of carboxylic acid groups (broad SMARTS) is 4. The lowest BCUT2D eigenvalue weighted by molar-refractivity contribution is -0.148. The zero-order chi connectivity index (χ0) is 20.8. The molecule has 0 atom stereocenters. The molecule has 1 aliphatic rings. The minimum absolute atomic E-state index is 0. The summed E-state index contributed by atoms with van der Waals surface area (Å²) in [6, 6.07) is 9.15. The molecule has 0 aromatic heterocycles. The van der Waals surface area contributed by atoms with Crippen LogP contribution in [0.1, 0.15) is 46.4 Å². The average molecular weight is 461 g/mol. The highest BCUT2D eigenvalue weighted by molar-refractivity contribution is 5.98. The summed E-state index contributed by atoms with van der Waals surface area (Å²) in [6.07, 6.45) is 2.03. The van der Waals surface area contributed by atoms with Gasteiger partial charge in [-0.3, -0.25) is 9.59 Å². The SMILES string of the molecule is Cl.Cl.O=C(O)C1CCC(C(=O)O)CC1.O=C(O)c1ccc2cc(C(=O)O)ccc2c1. The molecule has 1 saturated carbocycles. The number of carbonyl (C=O) groups is 4. The van der Waals surface area contributed by atoms with E-state index in [-0.39, 0.29) is 47.8 Å². The third kappa shape index (κ3) is 7.20. The Morgan fingerprint density at radius 2 is 0.900 bits per heavy atom. The van der Waals surface area contributed by atoms with Crippen molar-refractivity contribution in [2.75, 3.05) is 0 Å². The molecule has 3 rings (SSSR count). The minimum atomic E-state index is -0.996. The Hall–Kier alpha value is -2.84. The third-order valence-electron chi connectivity index (χ3n) is 4.76. The fourth-order valence-electron chi connectivity index (χ4n) is 3.10. The Kier molecular flexibility index (Phi) is 10.9. The minimum Gasteiger partial charge on any atom is -0.481 e. The van der Waals surface area contributed by atoms with Crippen molar-refractivity contribution in [3.8, 4) is 0 Å². The molecule has 2 aromatic carbocycles. The van der Waals surface area contributed by atoms with Crippen LogP contribution < -0.4 is 0 Å². The van der Waals surface area contributed by atoms with E-state index in [4.69, 9.17) is 20.4 Å². The van der Waals surface area contributed by atoms with E-state index >= 15 is 0 Å². The molecular weight excluding hydrogens is 439 g/mol. The highest BCUT2D eigenvalue weighted by atomic mass is 35.5. The number of benzene rings is 2. The first-order chi connectivity index (χ1) is 13.2. The fraction of sp³-hybridized carbons (Fsp3) is 0.300. The second-order valence-corrected chi connectivity index (χ2v) is 6.61. The molecule has 0 bridgehead atoms. The number of carboxylic acids is 4. The van der Waals surface area contributed by atoms with Crippen LogP contribution in [-0.2, 0) is 9.59 Å². The van der Waals surface area contributed by atoms with Gasteiger partial charge in [-0.05, 0) is 60.7 Å². The molecule has 2 aromatic rings. The van der Waals surface area contributed by atoms with Crippen molar-refractivity contribution in [2.45, 2.75) is 25.7 Å². The Bertz CT molecular complexity index is 845. The number of fused-ring (bicyclic) bond motifs is 1. The lowest BCUT2D eigenvalue weighted by Crippen LogP contribution is -2.25. The summed E-state index contributed by atoms with van der Waals surface area (Å²) in [5.74, 6) is -4.22. The van der Waals surface area contributed by atoms with Gasteiger partial charge in [-0.15, -0.1) is 24.8 Å². The van der Waals surface area contributed by atoms with Crippen molar-refractivity contribution in [1.82, 2.24) is 0 Å². The summed E-state index contributed by atoms with van der Waals surface area (Å²) in [6.45, 7) is 0. The monoisotopic (exact) mass is 460 g/mol. The zero-order valence-electron chi connectivity index (χ0n) is 15.7. The van der Waals surface area contributed by atoms with Crippen LogP contribution in [0, 0.1) is 11.8 Å². The summed E-state index contributed by atoms with van der Waals surface area (Å²) >= 11 is 0. The topological polar surface area (TPSA) is 149 Å². The number of aromatic carboxylic acids is 2. The molecule has 0 aliphatic heterocycles. The van der Waals surface area contributed by atoms with Crippen LogP contribution in [0.2, 0.25) is 0 Å². The van der Waals surface area contributed by atoms with E-state index in [1.54, 1.807) is 12.1 Å². The predicted molar refractivity (Wildman–Crippen MR) is 113 cm³/mol. The van der Waals surface area contributed by atoms with E-state index < -0.39 is 23.9 Å². The quantitative estimate of drug-likeness (QED) is 0.533. The maximum Gasteiger partial charge on any atom is 0.335 e. The summed E-state index contributed by atoms with van der Waals surface area (Å²) in [4.78, 5) is 42.4. The van der Waals surface area contributed by atoms with Gasteiger partial charge in [-0.25, -0.2) is 9.59 Å². The van der Waals surface area contributed by atoms with Gasteiger partial charge >= 0.3 is 23.9 Å². The van der Waals surface area contributed by atoms with Gasteiger partial charge in [0.2, 0.25) is 0 Å². The number of aliphatic carboxylic acids is 2. The molecule has 0 amide bonds. The molecule has 0 unspecified atom stereocenters. The lowest BCUT2D eigenvalue weighted by atomic mass is 9.82. The molecule has 0 spiro atoms. The highest BCUT2D eigenvalue weighted by Gasteiger charge is 2.29. The normalized spacial score (nSPS) is 17.3. The third-order valence-corrected chi connectivity index (χ3v) is 4.76. The number of hydrogen-bond acceptors (Lipinski definition) is 4. The van der Waals surface area contributed by atoms with Crippen LogP contribution in [0.3, 0.4) is 0 Å². The van der Waals surface area contributed by atoms with Crippen molar-refractivity contribution in [1.29, 1.82) is 0 Å². The van der Waals surface area contributed by atoms with Gasteiger partial charge < -0.3 is 20.4 Å². The number of halogens is 2. The van der Waals surface area contributed by atoms with Crippen LogP contribution >= 0.6 is 24.8 Å². The van der Waals surface area contributed by atoms with Crippen molar-refractivity contribution < 1.29 is 39.6 Å². The molecular formula is C20H22Cl2O8. The van der Waals surface area contributed by atoms with Gasteiger partial charge in [-0.1, -0.05) is 12.1 Å². The molecule has 0 heterocycles. The first-order valence-corrected chi connectivity index (χ1v) is 8.65. The van der Waals surface area contributed by atoms with E-state index in [1.165, 1.54) is 24.3 Å². The van der Waals surface area contributed by atoms with E-state index in [0.29, 0.717) is 36.5 Å².